The van der Waals surface area contributed by atoms with E-state index in [2.05, 4.69) is 18.8 Å². The van der Waals surface area contributed by atoms with E-state index in [1.807, 2.05) is 6.92 Å². The van der Waals surface area contributed by atoms with Crippen molar-refractivity contribution in [2.45, 2.75) is 26.7 Å². The molecule has 1 aromatic rings. The molecular weight excluding hydrogens is 188 g/mol. The third-order valence-electron chi connectivity index (χ3n) is 1.53. The summed E-state index contributed by atoms with van der Waals surface area (Å²) in [6.07, 6.45) is 0. The van der Waals surface area contributed by atoms with Crippen LogP contribution < -0.4 is 5.73 Å². The van der Waals surface area contributed by atoms with E-state index in [1.54, 1.807) is 11.3 Å². The summed E-state index contributed by atoms with van der Waals surface area (Å²) in [5, 5.41) is 1.03. The maximum absolute atomic E-state index is 5.57. The van der Waals surface area contributed by atoms with E-state index in [9.17, 15) is 0 Å². The molecule has 1 rings (SSSR count). The molecule has 0 spiro atoms. The molecule has 1 heterocycles. The van der Waals surface area contributed by atoms with Crippen molar-refractivity contribution in [2.75, 3.05) is 0 Å². The summed E-state index contributed by atoms with van der Waals surface area (Å²) in [5.74, 6) is 0.395. The molecule has 0 radical (unpaired) electrons. The van der Waals surface area contributed by atoms with Gasteiger partial charge in [-0.25, -0.2) is 4.98 Å². The van der Waals surface area contributed by atoms with Gasteiger partial charge in [0.15, 0.2) is 0 Å². The van der Waals surface area contributed by atoms with Gasteiger partial charge in [-0.2, -0.15) is 0 Å². The van der Waals surface area contributed by atoms with Gasteiger partial charge in [0, 0.05) is 0 Å². The molecule has 0 aliphatic rings. The molecule has 0 fully saturated rings. The van der Waals surface area contributed by atoms with E-state index in [1.165, 1.54) is 0 Å². The Hall–Kier alpha value is -0.480. The van der Waals surface area contributed by atoms with E-state index < -0.39 is 0 Å². The quantitative estimate of drug-likeness (QED) is 0.744. The standard InChI is InChI=1S/C8H12N2S2/c1-4(2)6-7(8(9)11)12-5(3)10-6/h4H,1-3H3,(H2,9,11). The van der Waals surface area contributed by atoms with Gasteiger partial charge in [-0.15, -0.1) is 11.3 Å². The number of nitrogens with two attached hydrogens (primary N) is 1. The fraction of sp³-hybridized carbons (Fsp3) is 0.500. The Morgan fingerprint density at radius 2 is 2.17 bits per heavy atom. The van der Waals surface area contributed by atoms with Crippen molar-refractivity contribution < 1.29 is 0 Å². The summed E-state index contributed by atoms with van der Waals surface area (Å²) >= 11 is 6.50. The zero-order chi connectivity index (χ0) is 9.30. The lowest BCUT2D eigenvalue weighted by atomic mass is 10.1. The highest BCUT2D eigenvalue weighted by Gasteiger charge is 2.13. The van der Waals surface area contributed by atoms with Crippen LogP contribution in [0.25, 0.3) is 0 Å². The van der Waals surface area contributed by atoms with Gasteiger partial charge in [0.2, 0.25) is 0 Å². The monoisotopic (exact) mass is 200 g/mol. The van der Waals surface area contributed by atoms with Crippen LogP contribution in [0.4, 0.5) is 0 Å². The van der Waals surface area contributed by atoms with Gasteiger partial charge in [-0.1, -0.05) is 26.1 Å². The van der Waals surface area contributed by atoms with Crippen LogP contribution in [0.3, 0.4) is 0 Å². The summed E-state index contributed by atoms with van der Waals surface area (Å²) in [5.41, 5.74) is 6.60. The molecule has 2 nitrogen and oxygen atoms in total. The zero-order valence-corrected chi connectivity index (χ0v) is 9.05. The van der Waals surface area contributed by atoms with Crippen LogP contribution in [0.5, 0.6) is 0 Å². The molecule has 0 aliphatic heterocycles. The molecule has 0 saturated heterocycles. The normalized spacial score (nSPS) is 10.7. The molecule has 1 aromatic heterocycles. The van der Waals surface area contributed by atoms with Crippen LogP contribution in [-0.2, 0) is 0 Å². The molecule has 0 atom stereocenters. The minimum atomic E-state index is 0.395. The Morgan fingerprint density at radius 3 is 2.50 bits per heavy atom. The molecule has 66 valence electrons. The largest absolute Gasteiger partial charge is 0.389 e. The second-order valence-electron chi connectivity index (χ2n) is 2.97. The molecule has 0 saturated carbocycles. The lowest BCUT2D eigenvalue weighted by Gasteiger charge is -2.02. The van der Waals surface area contributed by atoms with Gasteiger partial charge >= 0.3 is 0 Å². The third kappa shape index (κ3) is 1.81. The topological polar surface area (TPSA) is 38.9 Å². The summed E-state index contributed by atoms with van der Waals surface area (Å²) in [7, 11) is 0. The highest BCUT2D eigenvalue weighted by molar-refractivity contribution is 7.81. The first-order valence-corrected chi connectivity index (χ1v) is 5.02. The van der Waals surface area contributed by atoms with E-state index in [0.29, 0.717) is 10.9 Å². The molecule has 0 aromatic carbocycles. The van der Waals surface area contributed by atoms with E-state index >= 15 is 0 Å². The zero-order valence-electron chi connectivity index (χ0n) is 7.42. The summed E-state index contributed by atoms with van der Waals surface area (Å²) < 4.78 is 0. The van der Waals surface area contributed by atoms with Gasteiger partial charge in [-0.05, 0) is 12.8 Å². The van der Waals surface area contributed by atoms with Gasteiger partial charge in [0.25, 0.3) is 0 Å². The number of rotatable bonds is 2. The van der Waals surface area contributed by atoms with E-state index in [-0.39, 0.29) is 0 Å². The highest BCUT2D eigenvalue weighted by Crippen LogP contribution is 2.24. The maximum Gasteiger partial charge on any atom is 0.116 e. The van der Waals surface area contributed by atoms with Crippen LogP contribution >= 0.6 is 23.6 Å². The number of nitrogens with zero attached hydrogens (tertiary/aromatic N) is 1. The number of aryl methyl sites for hydroxylation is 1. The Balaban J connectivity index is 3.17. The Labute approximate surface area is 81.8 Å². The smallest absolute Gasteiger partial charge is 0.116 e. The first-order chi connectivity index (χ1) is 5.52. The lowest BCUT2D eigenvalue weighted by Crippen LogP contribution is -2.10. The molecule has 12 heavy (non-hydrogen) atoms. The fourth-order valence-electron chi connectivity index (χ4n) is 1.01. The lowest BCUT2D eigenvalue weighted by molar-refractivity contribution is 0.826. The number of thiazole rings is 1. The predicted molar refractivity (Wildman–Crippen MR) is 56.8 cm³/mol. The molecule has 4 heteroatoms. The number of aromatic nitrogens is 1. The highest BCUT2D eigenvalue weighted by atomic mass is 32.1. The predicted octanol–water partition coefficient (Wildman–Crippen LogP) is 2.21. The summed E-state index contributed by atoms with van der Waals surface area (Å²) in [6, 6.07) is 0. The van der Waals surface area contributed by atoms with Crippen molar-refractivity contribution in [3.63, 3.8) is 0 Å². The van der Waals surface area contributed by atoms with Crippen molar-refractivity contribution in [1.82, 2.24) is 4.98 Å². The van der Waals surface area contributed by atoms with Crippen molar-refractivity contribution in [2.24, 2.45) is 5.73 Å². The van der Waals surface area contributed by atoms with Gasteiger partial charge < -0.3 is 5.73 Å². The number of thiocarbonyl (C=S) groups is 1. The van der Waals surface area contributed by atoms with Gasteiger partial charge in [-0.3, -0.25) is 0 Å². The minimum absolute atomic E-state index is 0.395. The van der Waals surface area contributed by atoms with Crippen LogP contribution in [-0.4, -0.2) is 9.97 Å². The van der Waals surface area contributed by atoms with Crippen molar-refractivity contribution in [3.8, 4) is 0 Å². The Bertz CT molecular complexity index is 302. The summed E-state index contributed by atoms with van der Waals surface area (Å²) in [6.45, 7) is 6.16. The van der Waals surface area contributed by atoms with Crippen LogP contribution in [0.15, 0.2) is 0 Å². The average molecular weight is 200 g/mol. The molecule has 0 amide bonds. The van der Waals surface area contributed by atoms with Gasteiger partial charge in [0.1, 0.15) is 4.99 Å². The Kier molecular flexibility index (Phi) is 2.80. The van der Waals surface area contributed by atoms with Crippen LogP contribution in [0.1, 0.15) is 35.3 Å². The fourth-order valence-corrected chi connectivity index (χ4v) is 2.17. The second-order valence-corrected chi connectivity index (χ2v) is 4.61. The van der Waals surface area contributed by atoms with Crippen molar-refractivity contribution in [1.29, 1.82) is 0 Å². The Morgan fingerprint density at radius 1 is 1.58 bits per heavy atom. The van der Waals surface area contributed by atoms with Crippen molar-refractivity contribution >= 4 is 28.5 Å². The van der Waals surface area contributed by atoms with Crippen LogP contribution in [0, 0.1) is 6.92 Å². The third-order valence-corrected chi connectivity index (χ3v) is 2.88. The van der Waals surface area contributed by atoms with E-state index in [0.717, 1.165) is 15.6 Å². The SMILES string of the molecule is Cc1nc(C(C)C)c(C(N)=S)s1. The number of hydrogen-bond donors (Lipinski definition) is 1. The molecule has 0 bridgehead atoms. The average Bonchev–Trinajstić information content (AvgIpc) is 2.31. The van der Waals surface area contributed by atoms with Gasteiger partial charge in [0.05, 0.1) is 15.6 Å². The van der Waals surface area contributed by atoms with Crippen molar-refractivity contribution in [3.05, 3.63) is 15.6 Å². The number of hydrogen-bond acceptors (Lipinski definition) is 3. The first kappa shape index (κ1) is 9.61. The summed E-state index contributed by atoms with van der Waals surface area (Å²) in [4.78, 5) is 5.81. The minimum Gasteiger partial charge on any atom is -0.389 e. The molecule has 2 N–H and O–H groups in total. The molecular formula is C8H12N2S2. The molecule has 0 aliphatic carbocycles. The van der Waals surface area contributed by atoms with Crippen LogP contribution in [0.2, 0.25) is 0 Å². The first-order valence-electron chi connectivity index (χ1n) is 3.79. The molecule has 0 unspecified atom stereocenters. The van der Waals surface area contributed by atoms with E-state index in [4.69, 9.17) is 18.0 Å². The maximum atomic E-state index is 5.57. The second kappa shape index (κ2) is 3.49.